The van der Waals surface area contributed by atoms with Gasteiger partial charge in [0.1, 0.15) is 11.4 Å². The first-order chi connectivity index (χ1) is 16.2. The molecule has 0 atom stereocenters. The molecule has 2 heterocycles. The zero-order valence-corrected chi connectivity index (χ0v) is 18.1. The van der Waals surface area contributed by atoms with Crippen molar-refractivity contribution in [2.24, 2.45) is 5.73 Å². The molecule has 0 radical (unpaired) electrons. The number of ketones is 1. The first kappa shape index (κ1) is 23.0. The Bertz CT molecular complexity index is 1450. The number of rotatable bonds is 7. The first-order valence-corrected chi connectivity index (χ1v) is 10.3. The topological polar surface area (TPSA) is 119 Å². The van der Waals surface area contributed by atoms with E-state index in [1.165, 1.54) is 12.3 Å². The zero-order chi connectivity index (χ0) is 24.4. The number of benzene rings is 2. The van der Waals surface area contributed by atoms with Gasteiger partial charge < -0.3 is 11.1 Å². The molecule has 172 valence electrons. The lowest BCUT2D eigenvalue weighted by molar-refractivity contribution is 0.0943. The van der Waals surface area contributed by atoms with Crippen LogP contribution in [0.1, 0.15) is 42.5 Å². The Kier molecular flexibility index (Phi) is 6.33. The third kappa shape index (κ3) is 4.62. The Hall–Kier alpha value is -4.18. The van der Waals surface area contributed by atoms with Gasteiger partial charge >= 0.3 is 0 Å². The summed E-state index contributed by atoms with van der Waals surface area (Å²) in [5.74, 6) is -4.06. The molecule has 0 aliphatic carbocycles. The summed E-state index contributed by atoms with van der Waals surface area (Å²) in [7, 11) is 0. The number of halogens is 3. The van der Waals surface area contributed by atoms with Gasteiger partial charge in [-0.15, -0.1) is 0 Å². The van der Waals surface area contributed by atoms with E-state index in [0.29, 0.717) is 16.1 Å². The number of hydrogen-bond donors (Lipinski definition) is 2. The van der Waals surface area contributed by atoms with Crippen molar-refractivity contribution in [2.45, 2.75) is 13.0 Å². The van der Waals surface area contributed by atoms with Crippen molar-refractivity contribution in [3.63, 3.8) is 0 Å². The third-order valence-electron chi connectivity index (χ3n) is 5.00. The maximum atomic E-state index is 13.4. The van der Waals surface area contributed by atoms with E-state index < -0.39 is 23.4 Å². The normalized spacial score (nSPS) is 10.9. The summed E-state index contributed by atoms with van der Waals surface area (Å²) in [4.78, 5) is 41.8. The molecule has 2 aromatic heterocycles. The number of carbonyl (C=O) groups excluding carboxylic acids is 3. The Morgan fingerprint density at radius 2 is 1.82 bits per heavy atom. The summed E-state index contributed by atoms with van der Waals surface area (Å²) in [6, 6.07) is 11.2. The summed E-state index contributed by atoms with van der Waals surface area (Å²) < 4.78 is 27.6. The number of Topliss-reactive ketones (excluding diaryl/α,β-unsaturated/α-hetero) is 1. The maximum absolute atomic E-state index is 13.4. The smallest absolute Gasteiger partial charge is 0.270 e. The second kappa shape index (κ2) is 9.36. The highest BCUT2D eigenvalue weighted by atomic mass is 35.5. The van der Waals surface area contributed by atoms with Crippen LogP contribution in [0, 0.1) is 11.6 Å². The molecule has 4 rings (SSSR count). The molecule has 2 aromatic carbocycles. The van der Waals surface area contributed by atoms with Crippen molar-refractivity contribution in [1.82, 2.24) is 19.9 Å². The number of nitrogens with zero attached hydrogens (tertiary/aromatic N) is 3. The van der Waals surface area contributed by atoms with E-state index in [-0.39, 0.29) is 41.3 Å². The fourth-order valence-corrected chi connectivity index (χ4v) is 3.49. The molecule has 0 bridgehead atoms. The van der Waals surface area contributed by atoms with E-state index in [9.17, 15) is 23.2 Å². The number of nitrogens with two attached hydrogens (primary N) is 1. The minimum Gasteiger partial charge on any atom is -0.364 e. The lowest BCUT2D eigenvalue weighted by atomic mass is 10.1. The second-order valence-corrected chi connectivity index (χ2v) is 7.71. The van der Waals surface area contributed by atoms with Gasteiger partial charge in [-0.05, 0) is 29.3 Å². The fraction of sp³-hybridized carbons (Fsp3) is 0.0870. The van der Waals surface area contributed by atoms with E-state index in [1.54, 1.807) is 24.3 Å². The molecule has 34 heavy (non-hydrogen) atoms. The van der Waals surface area contributed by atoms with Gasteiger partial charge in [-0.1, -0.05) is 35.9 Å². The van der Waals surface area contributed by atoms with Gasteiger partial charge in [-0.3, -0.25) is 14.4 Å². The van der Waals surface area contributed by atoms with Gasteiger partial charge in [-0.25, -0.2) is 18.3 Å². The van der Waals surface area contributed by atoms with Crippen LogP contribution in [0.2, 0.25) is 5.02 Å². The summed E-state index contributed by atoms with van der Waals surface area (Å²) in [5.41, 5.74) is 5.98. The molecule has 11 heteroatoms. The number of amides is 2. The van der Waals surface area contributed by atoms with Gasteiger partial charge in [-0.2, -0.15) is 5.10 Å². The number of fused-ring (bicyclic) bond motifs is 1. The number of nitrogens with one attached hydrogen (secondary N) is 1. The van der Waals surface area contributed by atoms with Crippen LogP contribution in [0.15, 0.2) is 54.7 Å². The summed E-state index contributed by atoms with van der Waals surface area (Å²) in [5, 5.41) is 6.95. The average Bonchev–Trinajstić information content (AvgIpc) is 3.24. The predicted octanol–water partition coefficient (Wildman–Crippen LogP) is 3.12. The molecule has 0 aliphatic rings. The Morgan fingerprint density at radius 3 is 2.53 bits per heavy atom. The molecular weight excluding hydrogens is 468 g/mol. The lowest BCUT2D eigenvalue weighted by Gasteiger charge is -2.08. The van der Waals surface area contributed by atoms with Crippen molar-refractivity contribution in [1.29, 1.82) is 0 Å². The predicted molar refractivity (Wildman–Crippen MR) is 119 cm³/mol. The van der Waals surface area contributed by atoms with Crippen LogP contribution in [0.5, 0.6) is 0 Å². The van der Waals surface area contributed by atoms with Gasteiger partial charge in [0.25, 0.3) is 11.8 Å². The highest BCUT2D eigenvalue weighted by Crippen LogP contribution is 2.20. The maximum Gasteiger partial charge on any atom is 0.270 e. The molecule has 0 unspecified atom stereocenters. The van der Waals surface area contributed by atoms with Crippen LogP contribution >= 0.6 is 11.6 Å². The fourth-order valence-electron chi connectivity index (χ4n) is 3.28. The van der Waals surface area contributed by atoms with E-state index in [1.807, 2.05) is 0 Å². The van der Waals surface area contributed by atoms with Crippen LogP contribution in [0.25, 0.3) is 5.65 Å². The van der Waals surface area contributed by atoms with E-state index in [2.05, 4.69) is 15.4 Å². The first-order valence-electron chi connectivity index (χ1n) is 9.92. The summed E-state index contributed by atoms with van der Waals surface area (Å²) in [6.07, 6.45) is 1.18. The van der Waals surface area contributed by atoms with Gasteiger partial charge in [0, 0.05) is 24.1 Å². The third-order valence-corrected chi connectivity index (χ3v) is 5.37. The molecule has 0 saturated heterocycles. The molecule has 0 fully saturated rings. The number of aromatic nitrogens is 3. The molecule has 4 aromatic rings. The zero-order valence-electron chi connectivity index (χ0n) is 17.4. The van der Waals surface area contributed by atoms with Crippen LogP contribution in [-0.2, 0) is 13.0 Å². The average molecular weight is 484 g/mol. The van der Waals surface area contributed by atoms with Gasteiger partial charge in [0.05, 0.1) is 11.8 Å². The number of primary amides is 1. The molecule has 0 saturated carbocycles. The Balaban J connectivity index is 1.65. The number of hydrogen-bond acceptors (Lipinski definition) is 5. The largest absolute Gasteiger partial charge is 0.364 e. The Labute approximate surface area is 196 Å². The van der Waals surface area contributed by atoms with Crippen molar-refractivity contribution < 1.29 is 23.2 Å². The standard InChI is InChI=1S/C23H16ClF2N5O3/c24-15-4-2-1-3-13(15)8-20(32)14-11-29-31-19(21(27)33)9-18(30-22(14)31)23(34)28-10-12-5-6-16(25)17(26)7-12/h1-7,9,11H,8,10H2,(H2,27,33)(H,28,34). The van der Waals surface area contributed by atoms with E-state index >= 15 is 0 Å². The SMILES string of the molecule is NC(=O)c1cc(C(=O)NCc2ccc(F)c(F)c2)nc2c(C(=O)Cc3ccccc3Cl)cnn12. The molecule has 0 spiro atoms. The lowest BCUT2D eigenvalue weighted by Crippen LogP contribution is -2.26. The van der Waals surface area contributed by atoms with E-state index in [0.717, 1.165) is 22.7 Å². The van der Waals surface area contributed by atoms with Crippen molar-refractivity contribution in [2.75, 3.05) is 0 Å². The van der Waals surface area contributed by atoms with Crippen LogP contribution in [0.3, 0.4) is 0 Å². The summed E-state index contributed by atoms with van der Waals surface area (Å²) >= 11 is 6.14. The van der Waals surface area contributed by atoms with Crippen molar-refractivity contribution in [3.8, 4) is 0 Å². The quantitative estimate of drug-likeness (QED) is 0.391. The van der Waals surface area contributed by atoms with Crippen molar-refractivity contribution >= 4 is 34.8 Å². The van der Waals surface area contributed by atoms with Gasteiger partial charge in [0.15, 0.2) is 23.1 Å². The van der Waals surface area contributed by atoms with Crippen molar-refractivity contribution in [3.05, 3.63) is 99.5 Å². The van der Waals surface area contributed by atoms with Crippen LogP contribution < -0.4 is 11.1 Å². The molecular formula is C23H16ClF2N5O3. The minimum absolute atomic E-state index is 0.0358. The minimum atomic E-state index is -1.05. The summed E-state index contributed by atoms with van der Waals surface area (Å²) in [6.45, 7) is -0.133. The van der Waals surface area contributed by atoms with Crippen LogP contribution in [-0.4, -0.2) is 32.2 Å². The molecule has 8 nitrogen and oxygen atoms in total. The highest BCUT2D eigenvalue weighted by molar-refractivity contribution is 6.31. The highest BCUT2D eigenvalue weighted by Gasteiger charge is 2.22. The van der Waals surface area contributed by atoms with Crippen LogP contribution in [0.4, 0.5) is 8.78 Å². The van der Waals surface area contributed by atoms with E-state index in [4.69, 9.17) is 17.3 Å². The second-order valence-electron chi connectivity index (χ2n) is 7.31. The Morgan fingerprint density at radius 1 is 1.06 bits per heavy atom. The number of carbonyl (C=O) groups is 3. The molecule has 3 N–H and O–H groups in total. The van der Waals surface area contributed by atoms with Gasteiger partial charge in [0.2, 0.25) is 0 Å². The monoisotopic (exact) mass is 483 g/mol. The molecule has 2 amide bonds. The molecule has 0 aliphatic heterocycles.